The van der Waals surface area contributed by atoms with Gasteiger partial charge in [0.1, 0.15) is 6.04 Å². The molecule has 0 saturated heterocycles. The second-order valence-electron chi connectivity index (χ2n) is 4.29. The molecule has 1 aromatic carbocycles. The van der Waals surface area contributed by atoms with Gasteiger partial charge in [0.15, 0.2) is 0 Å². The number of carboxylic acid groups (broad SMARTS) is 1. The lowest BCUT2D eigenvalue weighted by atomic mass is 9.87. The van der Waals surface area contributed by atoms with Crippen LogP contribution < -0.4 is 5.32 Å². The third-order valence-corrected chi connectivity index (χ3v) is 4.41. The maximum absolute atomic E-state index is 11.9. The van der Waals surface area contributed by atoms with Crippen molar-refractivity contribution >= 4 is 52.4 Å². The highest BCUT2D eigenvalue weighted by Crippen LogP contribution is 2.45. The highest BCUT2D eigenvalue weighted by molar-refractivity contribution is 6.48. The summed E-state index contributed by atoms with van der Waals surface area (Å²) >= 11 is 18.0. The number of rotatable bonds is 2. The van der Waals surface area contributed by atoms with Gasteiger partial charge in [0.2, 0.25) is 0 Å². The van der Waals surface area contributed by atoms with Crippen molar-refractivity contribution in [3.05, 3.63) is 26.7 Å². The minimum atomic E-state index is -1.08. The number of methoxy groups -OCH3 is 1. The van der Waals surface area contributed by atoms with Crippen LogP contribution in [-0.4, -0.2) is 30.2 Å². The number of carbonyl (C=O) groups is 2. The van der Waals surface area contributed by atoms with Gasteiger partial charge in [-0.1, -0.05) is 34.8 Å². The third kappa shape index (κ3) is 2.53. The van der Waals surface area contributed by atoms with Gasteiger partial charge < -0.3 is 15.2 Å². The van der Waals surface area contributed by atoms with Crippen LogP contribution in [0.3, 0.4) is 0 Å². The first kappa shape index (κ1) is 15.2. The van der Waals surface area contributed by atoms with E-state index in [0.717, 1.165) is 0 Å². The van der Waals surface area contributed by atoms with Crippen molar-refractivity contribution in [1.82, 2.24) is 0 Å². The summed E-state index contributed by atoms with van der Waals surface area (Å²) in [6.45, 7) is 0. The van der Waals surface area contributed by atoms with Crippen molar-refractivity contribution in [3.8, 4) is 0 Å². The molecule has 5 nitrogen and oxygen atoms in total. The Balaban J connectivity index is 2.60. The lowest BCUT2D eigenvalue weighted by Crippen LogP contribution is -2.37. The van der Waals surface area contributed by atoms with Crippen LogP contribution in [0.4, 0.5) is 5.69 Å². The lowest BCUT2D eigenvalue weighted by Gasteiger charge is -2.30. The van der Waals surface area contributed by atoms with Crippen molar-refractivity contribution in [2.75, 3.05) is 12.4 Å². The number of hydrogen-bond donors (Lipinski definition) is 2. The summed E-state index contributed by atoms with van der Waals surface area (Å²) in [4.78, 5) is 23.0. The van der Waals surface area contributed by atoms with Gasteiger partial charge in [0, 0.05) is 11.3 Å². The van der Waals surface area contributed by atoms with Crippen LogP contribution in [0.1, 0.15) is 17.9 Å². The molecule has 0 aromatic heterocycles. The monoisotopic (exact) mass is 337 g/mol. The number of hydrogen-bond acceptors (Lipinski definition) is 4. The van der Waals surface area contributed by atoms with Crippen LogP contribution in [0, 0.1) is 0 Å². The third-order valence-electron chi connectivity index (χ3n) is 3.13. The minimum Gasteiger partial charge on any atom is -0.480 e. The summed E-state index contributed by atoms with van der Waals surface area (Å²) in [5.74, 6) is -2.45. The van der Waals surface area contributed by atoms with Gasteiger partial charge >= 0.3 is 11.9 Å². The molecule has 8 heteroatoms. The van der Waals surface area contributed by atoms with Gasteiger partial charge in [-0.25, -0.2) is 4.79 Å². The average molecular weight is 339 g/mol. The fourth-order valence-electron chi connectivity index (χ4n) is 2.19. The number of anilines is 1. The molecule has 0 amide bonds. The number of benzene rings is 1. The fraction of sp³-hybridized carbons (Fsp3) is 0.333. The van der Waals surface area contributed by atoms with E-state index in [0.29, 0.717) is 11.3 Å². The molecule has 108 valence electrons. The molecule has 0 radical (unpaired) electrons. The molecule has 1 aliphatic rings. The Bertz CT molecular complexity index is 591. The van der Waals surface area contributed by atoms with Crippen LogP contribution in [0.5, 0.6) is 0 Å². The largest absolute Gasteiger partial charge is 0.480 e. The SMILES string of the molecule is COC(=O)C1CC(C(=O)O)Nc2cc(Cl)c(Cl)c(Cl)c21. The summed E-state index contributed by atoms with van der Waals surface area (Å²) in [7, 11) is 1.23. The van der Waals surface area contributed by atoms with Crippen molar-refractivity contribution in [3.63, 3.8) is 0 Å². The lowest BCUT2D eigenvalue weighted by molar-refractivity contribution is -0.143. The minimum absolute atomic E-state index is 0.0205. The van der Waals surface area contributed by atoms with Gasteiger partial charge in [0.25, 0.3) is 0 Å². The molecule has 0 aliphatic carbocycles. The Morgan fingerprint density at radius 3 is 2.55 bits per heavy atom. The van der Waals surface area contributed by atoms with Gasteiger partial charge in [0.05, 0.1) is 28.1 Å². The highest BCUT2D eigenvalue weighted by Gasteiger charge is 2.38. The summed E-state index contributed by atoms with van der Waals surface area (Å²) in [5.41, 5.74) is 0.781. The molecule has 20 heavy (non-hydrogen) atoms. The Morgan fingerprint density at radius 2 is 2.00 bits per heavy atom. The topological polar surface area (TPSA) is 75.6 Å². The molecule has 2 atom stereocenters. The number of carbonyl (C=O) groups excluding carboxylic acids is 1. The van der Waals surface area contributed by atoms with Gasteiger partial charge in [-0.05, 0) is 12.5 Å². The van der Waals surface area contributed by atoms with Crippen molar-refractivity contribution in [2.45, 2.75) is 18.4 Å². The molecule has 0 bridgehead atoms. The Labute approximate surface area is 129 Å². The van der Waals surface area contributed by atoms with E-state index in [9.17, 15) is 9.59 Å². The van der Waals surface area contributed by atoms with Gasteiger partial charge in [-0.15, -0.1) is 0 Å². The van der Waals surface area contributed by atoms with Crippen molar-refractivity contribution in [2.24, 2.45) is 0 Å². The van der Waals surface area contributed by atoms with Crippen LogP contribution in [0.15, 0.2) is 6.07 Å². The summed E-state index contributed by atoms with van der Waals surface area (Å²) in [5, 5.41) is 12.3. The average Bonchev–Trinajstić information content (AvgIpc) is 2.42. The highest BCUT2D eigenvalue weighted by atomic mass is 35.5. The van der Waals surface area contributed by atoms with E-state index < -0.39 is 23.9 Å². The van der Waals surface area contributed by atoms with Crippen LogP contribution >= 0.6 is 34.8 Å². The number of aliphatic carboxylic acids is 1. The van der Waals surface area contributed by atoms with E-state index in [1.54, 1.807) is 0 Å². The first-order valence-electron chi connectivity index (χ1n) is 5.61. The Morgan fingerprint density at radius 1 is 1.35 bits per heavy atom. The second kappa shape index (κ2) is 5.68. The molecule has 2 rings (SSSR count). The Kier molecular flexibility index (Phi) is 4.32. The number of nitrogens with one attached hydrogen (secondary N) is 1. The van der Waals surface area contributed by atoms with Crippen molar-refractivity contribution < 1.29 is 19.4 Å². The summed E-state index contributed by atoms with van der Waals surface area (Å²) in [6.07, 6.45) is 0.0205. The standard InChI is InChI=1S/C12H10Cl3NO4/c1-20-12(19)4-2-7(11(17)18)16-6-3-5(13)9(14)10(15)8(4)6/h3-4,7,16H,2H2,1H3,(H,17,18). The van der Waals surface area contributed by atoms with E-state index in [2.05, 4.69) is 5.32 Å². The second-order valence-corrected chi connectivity index (χ2v) is 5.46. The van der Waals surface area contributed by atoms with Crippen LogP contribution in [0.25, 0.3) is 0 Å². The Hall–Kier alpha value is -1.17. The maximum Gasteiger partial charge on any atom is 0.326 e. The quantitative estimate of drug-likeness (QED) is 0.640. The zero-order valence-electron chi connectivity index (χ0n) is 10.2. The number of carboxylic acids is 1. The molecule has 0 fully saturated rings. The number of ether oxygens (including phenoxy) is 1. The maximum atomic E-state index is 11.9. The van der Waals surface area contributed by atoms with E-state index in [1.807, 2.05) is 0 Å². The van der Waals surface area contributed by atoms with E-state index in [-0.39, 0.29) is 21.5 Å². The smallest absolute Gasteiger partial charge is 0.326 e. The summed E-state index contributed by atoms with van der Waals surface area (Å²) in [6, 6.07) is 0.524. The van der Waals surface area contributed by atoms with Gasteiger partial charge in [-0.3, -0.25) is 4.79 Å². The molecule has 1 aromatic rings. The first-order valence-corrected chi connectivity index (χ1v) is 6.74. The molecule has 0 saturated carbocycles. The predicted molar refractivity (Wildman–Crippen MR) is 75.9 cm³/mol. The molecule has 0 spiro atoms. The molecule has 1 heterocycles. The van der Waals surface area contributed by atoms with Gasteiger partial charge in [-0.2, -0.15) is 0 Å². The number of halogens is 3. The van der Waals surface area contributed by atoms with E-state index >= 15 is 0 Å². The fourth-order valence-corrected chi connectivity index (χ4v) is 2.93. The number of fused-ring (bicyclic) bond motifs is 1. The van der Waals surface area contributed by atoms with Crippen molar-refractivity contribution in [1.29, 1.82) is 0 Å². The first-order chi connectivity index (χ1) is 9.36. The zero-order chi connectivity index (χ0) is 15.0. The van der Waals surface area contributed by atoms with Crippen LogP contribution in [0.2, 0.25) is 15.1 Å². The zero-order valence-corrected chi connectivity index (χ0v) is 12.5. The summed E-state index contributed by atoms with van der Waals surface area (Å²) < 4.78 is 4.71. The molecule has 2 unspecified atom stereocenters. The predicted octanol–water partition coefficient (Wildman–Crippen LogP) is 3.17. The molecule has 2 N–H and O–H groups in total. The van der Waals surface area contributed by atoms with Crippen LogP contribution in [-0.2, 0) is 14.3 Å². The van der Waals surface area contributed by atoms with E-state index in [4.69, 9.17) is 44.6 Å². The normalized spacial score (nSPS) is 20.8. The molecular weight excluding hydrogens is 328 g/mol. The van der Waals surface area contributed by atoms with E-state index in [1.165, 1.54) is 13.2 Å². The molecule has 1 aliphatic heterocycles. The molecular formula is C12H10Cl3NO4. The number of esters is 1.